The summed E-state index contributed by atoms with van der Waals surface area (Å²) in [4.78, 5) is 0. The van der Waals surface area contributed by atoms with Crippen LogP contribution in [-0.4, -0.2) is 37.1 Å². The first-order chi connectivity index (χ1) is 12.3. The van der Waals surface area contributed by atoms with Crippen molar-refractivity contribution in [2.45, 2.75) is 45.2 Å². The fourth-order valence-electron chi connectivity index (χ4n) is 3.12. The number of hydrogen-bond acceptors (Lipinski definition) is 4. The number of benzene rings is 2. The van der Waals surface area contributed by atoms with Crippen molar-refractivity contribution in [3.8, 4) is 5.75 Å². The molecular weight excluding hydrogens is 327 g/mol. The molecule has 1 N–H and O–H groups in total. The fourth-order valence-corrected chi connectivity index (χ4v) is 3.12. The van der Waals surface area contributed by atoms with E-state index in [1.54, 1.807) is 7.11 Å². The quantitative estimate of drug-likeness (QED) is 0.813. The molecule has 1 fully saturated rings. The van der Waals surface area contributed by atoms with Crippen LogP contribution in [0, 0.1) is 0 Å². The molecule has 3 rings (SSSR count). The maximum absolute atomic E-state index is 9.84. The molecule has 5 heteroatoms. The monoisotopic (exact) mass is 354 g/mol. The van der Waals surface area contributed by atoms with Gasteiger partial charge in [0.15, 0.2) is 0 Å². The van der Waals surface area contributed by atoms with Gasteiger partial charge in [-0.1, -0.05) is 24.3 Å². The van der Waals surface area contributed by atoms with Crippen LogP contribution in [0.4, 0.5) is 0 Å². The number of hydrogen-bond donors (Lipinski definition) is 1. The second-order valence-corrected chi connectivity index (χ2v) is 7.74. The molecule has 26 heavy (non-hydrogen) atoms. The molecule has 1 heterocycles. The van der Waals surface area contributed by atoms with Crippen molar-refractivity contribution in [1.29, 1.82) is 0 Å². The number of aliphatic hydroxyl groups excluding tert-OH is 1. The number of ether oxygens (including phenoxy) is 1. The van der Waals surface area contributed by atoms with Gasteiger partial charge in [0.2, 0.25) is 0 Å². The Morgan fingerprint density at radius 2 is 1.65 bits per heavy atom. The van der Waals surface area contributed by atoms with E-state index in [1.807, 2.05) is 64.1 Å². The molecule has 4 nitrogen and oxygen atoms in total. The summed E-state index contributed by atoms with van der Waals surface area (Å²) < 4.78 is 17.3. The predicted octanol–water partition coefficient (Wildman–Crippen LogP) is 4.32. The molecule has 0 radical (unpaired) electrons. The Labute approximate surface area is 155 Å². The lowest BCUT2D eigenvalue weighted by atomic mass is 9.83. The summed E-state index contributed by atoms with van der Waals surface area (Å²) in [6, 6.07) is 12.1. The highest BCUT2D eigenvalue weighted by Gasteiger charge is 2.50. The summed E-state index contributed by atoms with van der Waals surface area (Å²) in [6.07, 6.45) is 2.61. The van der Waals surface area contributed by atoms with Crippen molar-refractivity contribution in [1.82, 2.24) is 0 Å². The summed E-state index contributed by atoms with van der Waals surface area (Å²) in [5.74, 6) is 0.837. The summed E-state index contributed by atoms with van der Waals surface area (Å²) >= 11 is 0. The fraction of sp³-hybridized carbons (Fsp3) is 0.429. The Morgan fingerprint density at radius 3 is 2.27 bits per heavy atom. The Bertz CT molecular complexity index is 810. The minimum absolute atomic E-state index is 0.0266. The average molecular weight is 354 g/mol. The van der Waals surface area contributed by atoms with Crippen LogP contribution in [0.5, 0.6) is 5.75 Å². The maximum atomic E-state index is 9.84. The zero-order chi connectivity index (χ0) is 18.9. The zero-order valence-electron chi connectivity index (χ0n) is 16.2. The second kappa shape index (κ2) is 7.07. The van der Waals surface area contributed by atoms with E-state index in [1.165, 1.54) is 0 Å². The van der Waals surface area contributed by atoms with Crippen molar-refractivity contribution in [2.24, 2.45) is 0 Å². The average Bonchev–Trinajstić information content (AvgIpc) is 2.81. The first-order valence-electron chi connectivity index (χ1n) is 8.99. The van der Waals surface area contributed by atoms with E-state index < -0.39 is 0 Å². The molecule has 1 saturated heterocycles. The van der Waals surface area contributed by atoms with Gasteiger partial charge in [0.1, 0.15) is 5.75 Å². The minimum atomic E-state index is -0.340. The summed E-state index contributed by atoms with van der Waals surface area (Å²) in [5.41, 5.74) is 1.19. The van der Waals surface area contributed by atoms with E-state index in [0.29, 0.717) is 6.32 Å². The van der Waals surface area contributed by atoms with Gasteiger partial charge in [-0.2, -0.15) is 0 Å². The predicted molar refractivity (Wildman–Crippen MR) is 106 cm³/mol. The summed E-state index contributed by atoms with van der Waals surface area (Å²) in [6.45, 7) is 8.15. The van der Waals surface area contributed by atoms with E-state index in [2.05, 4.69) is 6.07 Å². The highest BCUT2D eigenvalue weighted by Crippen LogP contribution is 2.38. The smallest absolute Gasteiger partial charge is 0.461 e. The van der Waals surface area contributed by atoms with Crippen molar-refractivity contribution >= 4 is 23.5 Å². The van der Waals surface area contributed by atoms with Crippen LogP contribution in [0.15, 0.2) is 42.5 Å². The molecule has 0 unspecified atom stereocenters. The third-order valence-electron chi connectivity index (χ3n) is 5.45. The lowest BCUT2D eigenvalue weighted by Gasteiger charge is -2.32. The Kier molecular flexibility index (Phi) is 5.15. The largest absolute Gasteiger partial charge is 0.497 e. The summed E-state index contributed by atoms with van der Waals surface area (Å²) in [7, 11) is 1.36. The molecule has 0 aromatic heterocycles. The van der Waals surface area contributed by atoms with Gasteiger partial charge < -0.3 is 19.2 Å². The molecule has 138 valence electrons. The molecule has 0 atom stereocenters. The SMILES string of the molecule is COc1ccc2cc(/C(=C\CB3OC(C)(C)C(C)(C)O3)CO)ccc2c1. The number of rotatable bonds is 5. The third-order valence-corrected chi connectivity index (χ3v) is 5.45. The lowest BCUT2D eigenvalue weighted by Crippen LogP contribution is -2.41. The topological polar surface area (TPSA) is 47.9 Å². The van der Waals surface area contributed by atoms with E-state index in [9.17, 15) is 5.11 Å². The maximum Gasteiger partial charge on any atom is 0.461 e. The zero-order valence-corrected chi connectivity index (χ0v) is 16.2. The van der Waals surface area contributed by atoms with Crippen molar-refractivity contribution in [3.05, 3.63) is 48.0 Å². The molecule has 0 aliphatic carbocycles. The molecule has 2 aromatic carbocycles. The van der Waals surface area contributed by atoms with Crippen LogP contribution >= 0.6 is 0 Å². The van der Waals surface area contributed by atoms with Crippen molar-refractivity contribution in [3.63, 3.8) is 0 Å². The molecule has 0 spiro atoms. The van der Waals surface area contributed by atoms with Gasteiger partial charge in [-0.25, -0.2) is 0 Å². The van der Waals surface area contributed by atoms with Gasteiger partial charge in [-0.15, -0.1) is 0 Å². The minimum Gasteiger partial charge on any atom is -0.497 e. The number of fused-ring (bicyclic) bond motifs is 1. The number of methoxy groups -OCH3 is 1. The summed E-state index contributed by atoms with van der Waals surface area (Å²) in [5, 5.41) is 12.1. The van der Waals surface area contributed by atoms with Crippen molar-refractivity contribution in [2.75, 3.05) is 13.7 Å². The van der Waals surface area contributed by atoms with Crippen LogP contribution in [-0.2, 0) is 9.31 Å². The molecule has 1 aliphatic heterocycles. The van der Waals surface area contributed by atoms with Gasteiger partial charge in [-0.05, 0) is 67.8 Å². The molecule has 2 aromatic rings. The Balaban J connectivity index is 1.80. The normalized spacial score (nSPS) is 19.2. The van der Waals surface area contributed by atoms with Gasteiger partial charge in [0.05, 0.1) is 24.9 Å². The number of allylic oxidation sites excluding steroid dienone is 1. The third kappa shape index (κ3) is 3.66. The molecule has 0 bridgehead atoms. The van der Waals surface area contributed by atoms with Gasteiger partial charge in [0, 0.05) is 6.32 Å². The first-order valence-corrected chi connectivity index (χ1v) is 8.99. The van der Waals surface area contributed by atoms with Crippen LogP contribution in [0.3, 0.4) is 0 Å². The van der Waals surface area contributed by atoms with E-state index in [0.717, 1.165) is 27.7 Å². The van der Waals surface area contributed by atoms with Crippen LogP contribution < -0.4 is 4.74 Å². The molecular formula is C21H27BO4. The first kappa shape index (κ1) is 19.0. The van der Waals surface area contributed by atoms with E-state index in [4.69, 9.17) is 14.0 Å². The standard InChI is InChI=1S/C21H27BO4/c1-20(2)21(3,4)26-22(25-20)11-10-18(14-23)16-6-7-17-13-19(24-5)9-8-15(17)12-16/h6-10,12-13,23H,11,14H2,1-5H3/b18-10-. The Hall–Kier alpha value is -1.82. The van der Waals surface area contributed by atoms with Gasteiger partial charge >= 0.3 is 7.12 Å². The van der Waals surface area contributed by atoms with Gasteiger partial charge in [-0.3, -0.25) is 0 Å². The van der Waals surface area contributed by atoms with Crippen LogP contribution in [0.1, 0.15) is 33.3 Å². The molecule has 0 saturated carbocycles. The van der Waals surface area contributed by atoms with Crippen LogP contribution in [0.25, 0.3) is 16.3 Å². The second-order valence-electron chi connectivity index (χ2n) is 7.74. The number of aliphatic hydroxyl groups is 1. The highest BCUT2D eigenvalue weighted by atomic mass is 16.7. The van der Waals surface area contributed by atoms with Crippen molar-refractivity contribution < 1.29 is 19.2 Å². The van der Waals surface area contributed by atoms with E-state index >= 15 is 0 Å². The molecule has 0 amide bonds. The van der Waals surface area contributed by atoms with Gasteiger partial charge in [0.25, 0.3) is 0 Å². The van der Waals surface area contributed by atoms with E-state index in [-0.39, 0.29) is 24.9 Å². The molecule has 1 aliphatic rings. The Morgan fingerprint density at radius 1 is 1.04 bits per heavy atom. The van der Waals surface area contributed by atoms with Crippen LogP contribution in [0.2, 0.25) is 6.32 Å². The lowest BCUT2D eigenvalue weighted by molar-refractivity contribution is 0.00578. The highest BCUT2D eigenvalue weighted by molar-refractivity contribution is 6.46.